The van der Waals surface area contributed by atoms with E-state index in [0.717, 1.165) is 12.1 Å². The van der Waals surface area contributed by atoms with Crippen molar-refractivity contribution in [3.05, 3.63) is 40.7 Å². The second kappa shape index (κ2) is 11.7. The Labute approximate surface area is 236 Å². The first-order chi connectivity index (χ1) is 19.9. The molecule has 3 unspecified atom stereocenters. The molecule has 2 amide bonds. The Bertz CT molecular complexity index is 1470. The molecule has 3 N–H and O–H groups in total. The van der Waals surface area contributed by atoms with E-state index < -0.39 is 90.2 Å². The molecule has 1 aromatic carbocycles. The van der Waals surface area contributed by atoms with Crippen LogP contribution in [-0.4, -0.2) is 56.4 Å². The fraction of sp³-hybridized carbons (Fsp3) is 0.560. The number of fused-ring (bicyclic) bond motifs is 1. The number of hydrogen-bond donors (Lipinski definition) is 3. The summed E-state index contributed by atoms with van der Waals surface area (Å²) in [7, 11) is 0. The first-order valence-electron chi connectivity index (χ1n) is 13.0. The van der Waals surface area contributed by atoms with Gasteiger partial charge in [0.2, 0.25) is 11.8 Å². The fourth-order valence-corrected chi connectivity index (χ4v) is 4.92. The number of carbonyl (C=O) groups is 2. The molecule has 0 bridgehead atoms. The van der Waals surface area contributed by atoms with E-state index in [1.807, 2.05) is 0 Å². The Morgan fingerprint density at radius 2 is 1.74 bits per heavy atom. The molecule has 2 aromatic heterocycles. The number of rotatable bonds is 8. The van der Waals surface area contributed by atoms with Gasteiger partial charge in [-0.15, -0.1) is 0 Å². The zero-order valence-corrected chi connectivity index (χ0v) is 22.5. The molecule has 1 fully saturated rings. The van der Waals surface area contributed by atoms with Crippen molar-refractivity contribution < 1.29 is 53.7 Å². The number of imidazole rings is 1. The maximum Gasteiger partial charge on any atom is 0.408 e. The molecular weight excluding hydrogens is 603 g/mol. The van der Waals surface area contributed by atoms with Gasteiger partial charge in [-0.2, -0.15) is 26.3 Å². The Hall–Kier alpha value is -3.86. The lowest BCUT2D eigenvalue weighted by atomic mass is 9.81. The minimum Gasteiger partial charge on any atom is -0.344 e. The second-order valence-corrected chi connectivity index (χ2v) is 10.5. The van der Waals surface area contributed by atoms with Crippen molar-refractivity contribution in [2.24, 2.45) is 5.92 Å². The Morgan fingerprint density at radius 1 is 1.09 bits per heavy atom. The predicted octanol–water partition coefficient (Wildman–Crippen LogP) is 5.79. The largest absolute Gasteiger partial charge is 0.408 e. The molecule has 43 heavy (non-hydrogen) atoms. The average molecular weight is 628 g/mol. The lowest BCUT2D eigenvalue weighted by Crippen LogP contribution is -2.45. The Balaban J connectivity index is 1.72. The van der Waals surface area contributed by atoms with Crippen molar-refractivity contribution in [3.63, 3.8) is 0 Å². The molecule has 0 aliphatic heterocycles. The quantitative estimate of drug-likeness (QED) is 0.271. The number of aromatic nitrogens is 4. The third kappa shape index (κ3) is 7.38. The standard InChI is InChI=1S/C25H25F9N6O3/c1-10-17(40-43-39-10)22(42)38-18(12-5-7-23(27,28)8-6-12)20-36-15-4-3-13(16(26)19(15)37-20)14(9-24(29,30)31)21(41)35-11(2)25(32,33)34/h3-4,11-12,14,18H,5-9H2,1-2H3,(H,35,41)(H,36,37)(H,38,42). The van der Waals surface area contributed by atoms with Crippen LogP contribution in [0.4, 0.5) is 39.5 Å². The molecule has 18 heteroatoms. The number of hydrogen-bond acceptors (Lipinski definition) is 6. The summed E-state index contributed by atoms with van der Waals surface area (Å²) < 4.78 is 127. The molecule has 3 atom stereocenters. The molecule has 1 aliphatic carbocycles. The van der Waals surface area contributed by atoms with Crippen LogP contribution in [0.5, 0.6) is 0 Å². The van der Waals surface area contributed by atoms with Crippen molar-refractivity contribution in [2.75, 3.05) is 0 Å². The number of carbonyl (C=O) groups excluding carboxylic acids is 2. The zero-order chi connectivity index (χ0) is 31.9. The summed E-state index contributed by atoms with van der Waals surface area (Å²) in [6.45, 7) is 1.94. The van der Waals surface area contributed by atoms with E-state index in [-0.39, 0.29) is 35.6 Å². The van der Waals surface area contributed by atoms with Gasteiger partial charge in [-0.25, -0.2) is 22.8 Å². The lowest BCUT2D eigenvalue weighted by molar-refractivity contribution is -0.162. The monoisotopic (exact) mass is 628 g/mol. The van der Waals surface area contributed by atoms with Crippen LogP contribution in [0.2, 0.25) is 0 Å². The SMILES string of the molecule is Cc1nonc1C(=O)NC(c1nc2c(F)c(C(CC(F)(F)F)C(=O)NC(C)C(F)(F)F)ccc2[nH]1)C1CCC(F)(F)CC1. The van der Waals surface area contributed by atoms with E-state index in [9.17, 15) is 44.7 Å². The summed E-state index contributed by atoms with van der Waals surface area (Å²) in [5.74, 6) is -10.0. The number of alkyl halides is 8. The van der Waals surface area contributed by atoms with E-state index in [2.05, 4.69) is 30.2 Å². The summed E-state index contributed by atoms with van der Waals surface area (Å²) in [5.41, 5.74) is -1.64. The highest BCUT2D eigenvalue weighted by Crippen LogP contribution is 2.42. The Morgan fingerprint density at radius 3 is 2.30 bits per heavy atom. The summed E-state index contributed by atoms with van der Waals surface area (Å²) >= 11 is 0. The molecule has 0 spiro atoms. The maximum atomic E-state index is 15.7. The molecule has 4 rings (SSSR count). The third-order valence-corrected chi connectivity index (χ3v) is 7.30. The molecule has 0 radical (unpaired) electrons. The van der Waals surface area contributed by atoms with Crippen molar-refractivity contribution in [1.82, 2.24) is 30.9 Å². The van der Waals surface area contributed by atoms with E-state index in [1.165, 1.54) is 12.2 Å². The van der Waals surface area contributed by atoms with Gasteiger partial charge >= 0.3 is 12.4 Å². The van der Waals surface area contributed by atoms with Gasteiger partial charge in [0, 0.05) is 18.4 Å². The highest BCUT2D eigenvalue weighted by Gasteiger charge is 2.43. The van der Waals surface area contributed by atoms with E-state index in [1.54, 1.807) is 0 Å². The van der Waals surface area contributed by atoms with E-state index in [0.29, 0.717) is 6.92 Å². The first-order valence-corrected chi connectivity index (χ1v) is 13.0. The first kappa shape index (κ1) is 32.1. The molecule has 1 saturated carbocycles. The normalized spacial score (nSPS) is 18.3. The highest BCUT2D eigenvalue weighted by atomic mass is 19.4. The van der Waals surface area contributed by atoms with E-state index >= 15 is 4.39 Å². The topological polar surface area (TPSA) is 126 Å². The Kier molecular flexibility index (Phi) is 8.70. The smallest absolute Gasteiger partial charge is 0.344 e. The summed E-state index contributed by atoms with van der Waals surface area (Å²) in [6, 6.07) is -1.76. The maximum absolute atomic E-state index is 15.7. The van der Waals surface area contributed by atoms with E-state index in [4.69, 9.17) is 0 Å². The molecule has 236 valence electrons. The van der Waals surface area contributed by atoms with Crippen molar-refractivity contribution in [1.29, 1.82) is 0 Å². The summed E-state index contributed by atoms with van der Waals surface area (Å²) in [6.07, 6.45) is -13.2. The van der Waals surface area contributed by atoms with Crippen molar-refractivity contribution in [2.45, 2.75) is 82.2 Å². The number of aromatic amines is 1. The third-order valence-electron chi connectivity index (χ3n) is 7.30. The van der Waals surface area contributed by atoms with Gasteiger partial charge in [0.25, 0.3) is 5.91 Å². The van der Waals surface area contributed by atoms with Crippen molar-refractivity contribution in [3.8, 4) is 0 Å². The molecular formula is C25H25F9N6O3. The van der Waals surface area contributed by atoms with Crippen LogP contribution in [-0.2, 0) is 4.79 Å². The second-order valence-electron chi connectivity index (χ2n) is 10.5. The van der Waals surface area contributed by atoms with Crippen LogP contribution in [0, 0.1) is 18.7 Å². The summed E-state index contributed by atoms with van der Waals surface area (Å²) in [5, 5.41) is 11.0. The van der Waals surface area contributed by atoms with Gasteiger partial charge in [-0.05, 0) is 43.8 Å². The van der Waals surface area contributed by atoms with Crippen LogP contribution in [0.25, 0.3) is 11.0 Å². The molecule has 0 saturated heterocycles. The minimum absolute atomic E-state index is 0.0794. The highest BCUT2D eigenvalue weighted by molar-refractivity contribution is 5.93. The van der Waals surface area contributed by atoms with Gasteiger partial charge in [-0.1, -0.05) is 11.2 Å². The predicted molar refractivity (Wildman–Crippen MR) is 129 cm³/mol. The average Bonchev–Trinajstić information content (AvgIpc) is 3.52. The molecule has 9 nitrogen and oxygen atoms in total. The minimum atomic E-state index is -5.06. The van der Waals surface area contributed by atoms with Crippen molar-refractivity contribution >= 4 is 22.8 Å². The molecule has 2 heterocycles. The summed E-state index contributed by atoms with van der Waals surface area (Å²) in [4.78, 5) is 32.3. The van der Waals surface area contributed by atoms with Crippen LogP contribution < -0.4 is 10.6 Å². The fourth-order valence-electron chi connectivity index (χ4n) is 4.92. The number of nitrogens with zero attached hydrogens (tertiary/aromatic N) is 3. The van der Waals surface area contributed by atoms with Gasteiger partial charge in [0.1, 0.15) is 23.1 Å². The number of benzene rings is 1. The van der Waals surface area contributed by atoms with Crippen LogP contribution >= 0.6 is 0 Å². The number of halogens is 9. The number of nitrogens with one attached hydrogen (secondary N) is 3. The number of H-pyrrole nitrogens is 1. The molecule has 1 aliphatic rings. The van der Waals surface area contributed by atoms with Gasteiger partial charge < -0.3 is 15.6 Å². The number of amides is 2. The van der Waals surface area contributed by atoms with Gasteiger partial charge in [0.15, 0.2) is 11.5 Å². The van der Waals surface area contributed by atoms with Gasteiger partial charge in [-0.3, -0.25) is 9.59 Å². The van der Waals surface area contributed by atoms with Gasteiger partial charge in [0.05, 0.1) is 23.9 Å². The van der Waals surface area contributed by atoms with Crippen LogP contribution in [0.3, 0.4) is 0 Å². The lowest BCUT2D eigenvalue weighted by Gasteiger charge is -2.33. The molecule has 3 aromatic rings. The van der Waals surface area contributed by atoms with Crippen LogP contribution in [0.15, 0.2) is 16.8 Å². The number of aryl methyl sites for hydroxylation is 1. The van der Waals surface area contributed by atoms with Crippen LogP contribution in [0.1, 0.15) is 78.6 Å². The zero-order valence-electron chi connectivity index (χ0n) is 22.5.